The minimum atomic E-state index is -3.73. The maximum absolute atomic E-state index is 12.8. The summed E-state index contributed by atoms with van der Waals surface area (Å²) >= 11 is 0. The van der Waals surface area contributed by atoms with Crippen molar-refractivity contribution >= 4 is 15.7 Å². The molecule has 0 amide bonds. The molecule has 0 bridgehead atoms. The number of nitrogens with one attached hydrogen (secondary N) is 1. The van der Waals surface area contributed by atoms with Gasteiger partial charge in [-0.25, -0.2) is 8.42 Å². The third-order valence-electron chi connectivity index (χ3n) is 3.99. The van der Waals surface area contributed by atoms with Crippen LogP contribution in [0.2, 0.25) is 0 Å². The average molecular weight is 333 g/mol. The number of hydrogen-bond acceptors (Lipinski definition) is 3. The summed E-state index contributed by atoms with van der Waals surface area (Å²) in [6.07, 6.45) is 0. The molecule has 4 nitrogen and oxygen atoms in total. The lowest BCUT2D eigenvalue weighted by Gasteiger charge is -2.16. The van der Waals surface area contributed by atoms with E-state index in [-0.39, 0.29) is 10.8 Å². The molecule has 0 aliphatic carbocycles. The summed E-state index contributed by atoms with van der Waals surface area (Å²) in [5, 5.41) is 0. The molecule has 2 aromatic rings. The Morgan fingerprint density at radius 2 is 1.78 bits per heavy atom. The van der Waals surface area contributed by atoms with Crippen LogP contribution in [0, 0.1) is 13.8 Å². The Hall–Kier alpha value is -2.01. The van der Waals surface area contributed by atoms with Gasteiger partial charge in [-0.3, -0.25) is 4.72 Å². The number of ether oxygens (including phenoxy) is 1. The van der Waals surface area contributed by atoms with Crippen molar-refractivity contribution in [3.63, 3.8) is 0 Å². The van der Waals surface area contributed by atoms with Gasteiger partial charge in [0.25, 0.3) is 10.0 Å². The third kappa shape index (κ3) is 3.67. The SMILES string of the molecule is COc1ccc(C(C)C)cc1S(=O)(=O)Nc1cccc(C)c1C. The molecule has 0 heterocycles. The maximum atomic E-state index is 12.8. The summed E-state index contributed by atoms with van der Waals surface area (Å²) in [5.74, 6) is 0.572. The second kappa shape index (κ2) is 6.62. The van der Waals surface area contributed by atoms with Gasteiger partial charge in [-0.1, -0.05) is 32.0 Å². The number of benzene rings is 2. The Labute approximate surface area is 138 Å². The molecule has 0 atom stereocenters. The molecule has 0 fully saturated rings. The second-order valence-corrected chi connectivity index (χ2v) is 7.57. The third-order valence-corrected chi connectivity index (χ3v) is 5.38. The monoisotopic (exact) mass is 333 g/mol. The Kier molecular flexibility index (Phi) is 5.00. The van der Waals surface area contributed by atoms with Gasteiger partial charge in [-0.2, -0.15) is 0 Å². The van der Waals surface area contributed by atoms with Crippen molar-refractivity contribution in [1.82, 2.24) is 0 Å². The highest BCUT2D eigenvalue weighted by Gasteiger charge is 2.21. The fourth-order valence-corrected chi connectivity index (χ4v) is 3.65. The molecular formula is C18H23NO3S. The van der Waals surface area contributed by atoms with Crippen LogP contribution in [0.25, 0.3) is 0 Å². The molecule has 0 saturated carbocycles. The molecule has 0 unspecified atom stereocenters. The van der Waals surface area contributed by atoms with Gasteiger partial charge in [0.15, 0.2) is 0 Å². The summed E-state index contributed by atoms with van der Waals surface area (Å²) in [7, 11) is -2.25. The van der Waals surface area contributed by atoms with Crippen molar-refractivity contribution in [1.29, 1.82) is 0 Å². The fraction of sp³-hybridized carbons (Fsp3) is 0.333. The highest BCUT2D eigenvalue weighted by atomic mass is 32.2. The van der Waals surface area contributed by atoms with Crippen LogP contribution in [-0.2, 0) is 10.0 Å². The lowest BCUT2D eigenvalue weighted by molar-refractivity contribution is 0.402. The highest BCUT2D eigenvalue weighted by molar-refractivity contribution is 7.92. The van der Waals surface area contributed by atoms with E-state index in [4.69, 9.17) is 4.74 Å². The Balaban J connectivity index is 2.50. The maximum Gasteiger partial charge on any atom is 0.265 e. The molecule has 0 aromatic heterocycles. The molecule has 0 radical (unpaired) electrons. The van der Waals surface area contributed by atoms with Crippen LogP contribution in [0.4, 0.5) is 5.69 Å². The summed E-state index contributed by atoms with van der Waals surface area (Å²) in [6, 6.07) is 10.8. The average Bonchev–Trinajstić information content (AvgIpc) is 2.51. The molecule has 124 valence electrons. The molecule has 23 heavy (non-hydrogen) atoms. The van der Waals surface area contributed by atoms with E-state index < -0.39 is 10.0 Å². The van der Waals surface area contributed by atoms with Crippen molar-refractivity contribution in [3.05, 3.63) is 53.1 Å². The number of aryl methyl sites for hydroxylation is 1. The van der Waals surface area contributed by atoms with E-state index in [0.29, 0.717) is 11.4 Å². The number of sulfonamides is 1. The van der Waals surface area contributed by atoms with Crippen LogP contribution in [0.3, 0.4) is 0 Å². The van der Waals surface area contributed by atoms with Crippen LogP contribution >= 0.6 is 0 Å². The summed E-state index contributed by atoms with van der Waals surface area (Å²) in [6.45, 7) is 7.90. The van der Waals surface area contributed by atoms with E-state index >= 15 is 0 Å². The predicted molar refractivity (Wildman–Crippen MR) is 93.8 cm³/mol. The first-order chi connectivity index (χ1) is 10.8. The van der Waals surface area contributed by atoms with E-state index in [1.807, 2.05) is 45.9 Å². The first-order valence-corrected chi connectivity index (χ1v) is 9.01. The summed E-state index contributed by atoms with van der Waals surface area (Å²) in [4.78, 5) is 0.159. The first kappa shape index (κ1) is 17.3. The molecule has 5 heteroatoms. The quantitative estimate of drug-likeness (QED) is 0.890. The van der Waals surface area contributed by atoms with Gasteiger partial charge < -0.3 is 4.74 Å². The minimum Gasteiger partial charge on any atom is -0.495 e. The van der Waals surface area contributed by atoms with E-state index in [9.17, 15) is 8.42 Å². The first-order valence-electron chi connectivity index (χ1n) is 7.53. The van der Waals surface area contributed by atoms with Gasteiger partial charge in [-0.15, -0.1) is 0 Å². The molecule has 0 aliphatic heterocycles. The van der Waals surface area contributed by atoms with E-state index in [0.717, 1.165) is 16.7 Å². The van der Waals surface area contributed by atoms with Gasteiger partial charge in [0.1, 0.15) is 10.6 Å². The topological polar surface area (TPSA) is 55.4 Å². The molecular weight excluding hydrogens is 310 g/mol. The van der Waals surface area contributed by atoms with Crippen molar-refractivity contribution < 1.29 is 13.2 Å². The van der Waals surface area contributed by atoms with Crippen molar-refractivity contribution in [3.8, 4) is 5.75 Å². The van der Waals surface area contributed by atoms with Crippen LogP contribution in [0.5, 0.6) is 5.75 Å². The lowest BCUT2D eigenvalue weighted by Crippen LogP contribution is -2.15. The zero-order valence-corrected chi connectivity index (χ0v) is 15.0. The van der Waals surface area contributed by atoms with E-state index in [1.54, 1.807) is 18.2 Å². The van der Waals surface area contributed by atoms with Crippen molar-refractivity contribution in [2.75, 3.05) is 11.8 Å². The van der Waals surface area contributed by atoms with Crippen molar-refractivity contribution in [2.24, 2.45) is 0 Å². The zero-order valence-electron chi connectivity index (χ0n) is 14.2. The predicted octanol–water partition coefficient (Wildman–Crippen LogP) is 4.24. The Morgan fingerprint density at radius 1 is 1.09 bits per heavy atom. The van der Waals surface area contributed by atoms with Crippen LogP contribution in [0.1, 0.15) is 36.5 Å². The van der Waals surface area contributed by atoms with Crippen LogP contribution < -0.4 is 9.46 Å². The van der Waals surface area contributed by atoms with E-state index in [2.05, 4.69) is 4.72 Å². The second-order valence-electron chi connectivity index (χ2n) is 5.92. The molecule has 0 spiro atoms. The Morgan fingerprint density at radius 3 is 2.39 bits per heavy atom. The largest absolute Gasteiger partial charge is 0.495 e. The fourth-order valence-electron chi connectivity index (χ4n) is 2.32. The molecule has 0 aliphatic rings. The molecule has 1 N–H and O–H groups in total. The van der Waals surface area contributed by atoms with Gasteiger partial charge in [0, 0.05) is 0 Å². The number of methoxy groups -OCH3 is 1. The molecule has 0 saturated heterocycles. The Bertz CT molecular complexity index is 811. The zero-order chi connectivity index (χ0) is 17.2. The number of anilines is 1. The summed E-state index contributed by atoms with van der Waals surface area (Å²) in [5.41, 5.74) is 3.48. The van der Waals surface area contributed by atoms with Gasteiger partial charge in [0.05, 0.1) is 12.8 Å². The highest BCUT2D eigenvalue weighted by Crippen LogP contribution is 2.30. The molecule has 2 aromatic carbocycles. The van der Waals surface area contributed by atoms with Gasteiger partial charge in [0.2, 0.25) is 0 Å². The lowest BCUT2D eigenvalue weighted by atomic mass is 10.0. The summed E-state index contributed by atoms with van der Waals surface area (Å²) < 4.78 is 33.6. The normalized spacial score (nSPS) is 11.6. The van der Waals surface area contributed by atoms with Gasteiger partial charge in [-0.05, 0) is 54.7 Å². The van der Waals surface area contributed by atoms with Crippen LogP contribution in [-0.4, -0.2) is 15.5 Å². The standard InChI is InChI=1S/C18H23NO3S/c1-12(2)15-9-10-17(22-5)18(11-15)23(20,21)19-16-8-6-7-13(3)14(16)4/h6-12,19H,1-5H3. The van der Waals surface area contributed by atoms with E-state index in [1.165, 1.54) is 7.11 Å². The number of hydrogen-bond donors (Lipinski definition) is 1. The van der Waals surface area contributed by atoms with Crippen LogP contribution in [0.15, 0.2) is 41.3 Å². The molecule has 2 rings (SSSR count). The van der Waals surface area contributed by atoms with Gasteiger partial charge >= 0.3 is 0 Å². The minimum absolute atomic E-state index is 0.159. The number of rotatable bonds is 5. The van der Waals surface area contributed by atoms with Crippen molar-refractivity contribution in [2.45, 2.75) is 38.5 Å². The smallest absolute Gasteiger partial charge is 0.265 e.